The highest BCUT2D eigenvalue weighted by Crippen LogP contribution is 2.41. The summed E-state index contributed by atoms with van der Waals surface area (Å²) in [6, 6.07) is 7.99. The molecular formula is C16H23NO3. The Kier molecular flexibility index (Phi) is 4.04. The van der Waals surface area contributed by atoms with Crippen LogP contribution in [-0.4, -0.2) is 34.7 Å². The van der Waals surface area contributed by atoms with E-state index in [1.54, 1.807) is 13.8 Å². The van der Waals surface area contributed by atoms with Crippen LogP contribution in [0.25, 0.3) is 0 Å². The average Bonchev–Trinajstić information content (AvgIpc) is 2.41. The summed E-state index contributed by atoms with van der Waals surface area (Å²) in [6.07, 6.45) is 0. The smallest absolute Gasteiger partial charge is 0.323 e. The molecule has 0 amide bonds. The highest BCUT2D eigenvalue weighted by atomic mass is 16.5. The van der Waals surface area contributed by atoms with E-state index in [0.29, 0.717) is 13.2 Å². The zero-order chi connectivity index (χ0) is 14.9. The number of rotatable bonds is 4. The van der Waals surface area contributed by atoms with Crippen molar-refractivity contribution in [3.05, 3.63) is 29.8 Å². The fourth-order valence-corrected chi connectivity index (χ4v) is 3.01. The molecule has 1 aliphatic rings. The number of ether oxygens (including phenoxy) is 1. The first-order valence-corrected chi connectivity index (χ1v) is 7.11. The number of carbonyl (C=O) groups is 1. The maximum Gasteiger partial charge on any atom is 0.323 e. The number of carboxylic acid groups (broad SMARTS) is 1. The molecule has 1 aromatic rings. The molecule has 4 nitrogen and oxygen atoms in total. The first-order chi connectivity index (χ1) is 9.39. The minimum atomic E-state index is -0.905. The molecule has 2 unspecified atom stereocenters. The molecule has 1 aromatic carbocycles. The molecule has 2 rings (SSSR count). The number of benzene rings is 1. The van der Waals surface area contributed by atoms with Gasteiger partial charge in [0.1, 0.15) is 11.3 Å². The van der Waals surface area contributed by atoms with Gasteiger partial charge in [-0.25, -0.2) is 0 Å². The van der Waals surface area contributed by atoms with E-state index in [2.05, 4.69) is 11.8 Å². The molecule has 0 bridgehead atoms. The van der Waals surface area contributed by atoms with E-state index in [1.165, 1.54) is 0 Å². The molecule has 110 valence electrons. The van der Waals surface area contributed by atoms with Crippen LogP contribution in [0.5, 0.6) is 5.75 Å². The normalized spacial score (nSPS) is 22.2. The quantitative estimate of drug-likeness (QED) is 0.919. The van der Waals surface area contributed by atoms with Gasteiger partial charge in [0.05, 0.1) is 6.61 Å². The summed E-state index contributed by atoms with van der Waals surface area (Å²) in [5.41, 5.74) is 0.181. The van der Waals surface area contributed by atoms with Gasteiger partial charge in [-0.3, -0.25) is 9.69 Å². The third-order valence-electron chi connectivity index (χ3n) is 4.20. The highest BCUT2D eigenvalue weighted by Gasteiger charge is 2.42. The fraction of sp³-hybridized carbons (Fsp3) is 0.562. The summed E-state index contributed by atoms with van der Waals surface area (Å²) in [4.78, 5) is 13.7. The lowest BCUT2D eigenvalue weighted by atomic mass is 9.87. The average molecular weight is 277 g/mol. The van der Waals surface area contributed by atoms with Crippen molar-refractivity contribution in [2.75, 3.05) is 13.2 Å². The molecule has 2 atom stereocenters. The standard InChI is InChI=1S/C16H23NO3/c1-5-17(16(3,4)15(18)19)14-11(2)10-20-13-9-7-6-8-12(13)14/h6-9,11,14H,5,10H2,1-4H3,(H,18,19). The topological polar surface area (TPSA) is 49.8 Å². The van der Waals surface area contributed by atoms with Crippen LogP contribution < -0.4 is 4.74 Å². The predicted molar refractivity (Wildman–Crippen MR) is 77.9 cm³/mol. The van der Waals surface area contributed by atoms with Crippen LogP contribution in [0.2, 0.25) is 0 Å². The van der Waals surface area contributed by atoms with Gasteiger partial charge < -0.3 is 9.84 Å². The maximum absolute atomic E-state index is 11.6. The van der Waals surface area contributed by atoms with Gasteiger partial charge in [0.25, 0.3) is 0 Å². The molecule has 0 aromatic heterocycles. The third kappa shape index (κ3) is 2.40. The number of fused-ring (bicyclic) bond motifs is 1. The largest absolute Gasteiger partial charge is 0.493 e. The van der Waals surface area contributed by atoms with Crippen molar-refractivity contribution in [3.8, 4) is 5.75 Å². The van der Waals surface area contributed by atoms with Crippen LogP contribution in [0.15, 0.2) is 24.3 Å². The fourth-order valence-electron chi connectivity index (χ4n) is 3.01. The lowest BCUT2D eigenvalue weighted by Crippen LogP contribution is -2.54. The number of nitrogens with zero attached hydrogens (tertiary/aromatic N) is 1. The van der Waals surface area contributed by atoms with E-state index >= 15 is 0 Å². The van der Waals surface area contributed by atoms with Crippen molar-refractivity contribution in [1.29, 1.82) is 0 Å². The second-order valence-electron chi connectivity index (χ2n) is 5.92. The van der Waals surface area contributed by atoms with Crippen LogP contribution in [0.3, 0.4) is 0 Å². The van der Waals surface area contributed by atoms with Gasteiger partial charge in [0.15, 0.2) is 0 Å². The van der Waals surface area contributed by atoms with Gasteiger partial charge in [-0.15, -0.1) is 0 Å². The van der Waals surface area contributed by atoms with Gasteiger partial charge in [-0.2, -0.15) is 0 Å². The zero-order valence-electron chi connectivity index (χ0n) is 12.6. The second kappa shape index (κ2) is 5.44. The molecule has 0 spiro atoms. The van der Waals surface area contributed by atoms with Crippen molar-refractivity contribution in [3.63, 3.8) is 0 Å². The van der Waals surface area contributed by atoms with E-state index in [-0.39, 0.29) is 12.0 Å². The van der Waals surface area contributed by atoms with Crippen molar-refractivity contribution in [1.82, 2.24) is 4.90 Å². The highest BCUT2D eigenvalue weighted by molar-refractivity contribution is 5.77. The third-order valence-corrected chi connectivity index (χ3v) is 4.20. The van der Waals surface area contributed by atoms with Gasteiger partial charge in [0, 0.05) is 17.5 Å². The van der Waals surface area contributed by atoms with E-state index in [1.807, 2.05) is 31.2 Å². The van der Waals surface area contributed by atoms with E-state index < -0.39 is 11.5 Å². The zero-order valence-corrected chi connectivity index (χ0v) is 12.6. The molecular weight excluding hydrogens is 254 g/mol. The number of aliphatic carboxylic acids is 1. The molecule has 1 heterocycles. The number of hydrogen-bond acceptors (Lipinski definition) is 3. The van der Waals surface area contributed by atoms with Crippen molar-refractivity contribution in [2.24, 2.45) is 5.92 Å². The lowest BCUT2D eigenvalue weighted by Gasteiger charge is -2.45. The Morgan fingerprint density at radius 1 is 1.45 bits per heavy atom. The summed E-state index contributed by atoms with van der Waals surface area (Å²) in [6.45, 7) is 8.96. The SMILES string of the molecule is CCN(C1c2ccccc2OCC1C)C(C)(C)C(=O)O. The Morgan fingerprint density at radius 3 is 2.70 bits per heavy atom. The number of hydrogen-bond donors (Lipinski definition) is 1. The first kappa shape index (κ1) is 14.9. The van der Waals surface area contributed by atoms with Crippen LogP contribution >= 0.6 is 0 Å². The van der Waals surface area contributed by atoms with Crippen LogP contribution in [0.1, 0.15) is 39.3 Å². The molecule has 0 radical (unpaired) electrons. The summed E-state index contributed by atoms with van der Waals surface area (Å²) < 4.78 is 5.76. The molecule has 1 aliphatic heterocycles. The predicted octanol–water partition coefficient (Wildman–Crippen LogP) is 2.94. The Balaban J connectivity index is 2.46. The van der Waals surface area contributed by atoms with Gasteiger partial charge in [-0.1, -0.05) is 32.0 Å². The van der Waals surface area contributed by atoms with E-state index in [4.69, 9.17) is 4.74 Å². The molecule has 1 N–H and O–H groups in total. The summed E-state index contributed by atoms with van der Waals surface area (Å²) in [5, 5.41) is 9.53. The number of para-hydroxylation sites is 1. The number of carboxylic acids is 1. The minimum Gasteiger partial charge on any atom is -0.493 e. The second-order valence-corrected chi connectivity index (χ2v) is 5.92. The number of likely N-dealkylation sites (N-methyl/N-ethyl adjacent to an activating group) is 1. The van der Waals surface area contributed by atoms with Crippen LogP contribution in [0.4, 0.5) is 0 Å². The maximum atomic E-state index is 11.6. The van der Waals surface area contributed by atoms with E-state index in [0.717, 1.165) is 11.3 Å². The minimum absolute atomic E-state index is 0.0658. The van der Waals surface area contributed by atoms with Crippen molar-refractivity contribution in [2.45, 2.75) is 39.3 Å². The Morgan fingerprint density at radius 2 is 2.10 bits per heavy atom. The Hall–Kier alpha value is -1.55. The molecule has 0 fully saturated rings. The van der Waals surface area contributed by atoms with Crippen molar-refractivity contribution >= 4 is 5.97 Å². The first-order valence-electron chi connectivity index (χ1n) is 7.11. The Bertz CT molecular complexity index is 498. The summed E-state index contributed by atoms with van der Waals surface area (Å²) in [7, 11) is 0. The van der Waals surface area contributed by atoms with Gasteiger partial charge in [-0.05, 0) is 26.5 Å². The monoisotopic (exact) mass is 277 g/mol. The van der Waals surface area contributed by atoms with Crippen LogP contribution in [-0.2, 0) is 4.79 Å². The lowest BCUT2D eigenvalue weighted by molar-refractivity contribution is -0.152. The van der Waals surface area contributed by atoms with E-state index in [9.17, 15) is 9.90 Å². The molecule has 0 saturated carbocycles. The summed E-state index contributed by atoms with van der Waals surface area (Å²) in [5.74, 6) is 0.328. The van der Waals surface area contributed by atoms with Gasteiger partial charge in [0.2, 0.25) is 0 Å². The van der Waals surface area contributed by atoms with Gasteiger partial charge >= 0.3 is 5.97 Å². The molecule has 4 heteroatoms. The molecule has 20 heavy (non-hydrogen) atoms. The van der Waals surface area contributed by atoms with Crippen molar-refractivity contribution < 1.29 is 14.6 Å². The summed E-state index contributed by atoms with van der Waals surface area (Å²) >= 11 is 0. The Labute approximate surface area is 120 Å². The molecule has 0 saturated heterocycles. The van der Waals surface area contributed by atoms with Crippen LogP contribution in [0, 0.1) is 5.92 Å². The molecule has 0 aliphatic carbocycles.